The summed E-state index contributed by atoms with van der Waals surface area (Å²) >= 11 is 5.27. The van der Waals surface area contributed by atoms with E-state index in [1.165, 1.54) is 0 Å². The second kappa shape index (κ2) is 9.98. The van der Waals surface area contributed by atoms with Crippen LogP contribution in [-0.2, 0) is 11.2 Å². The van der Waals surface area contributed by atoms with Crippen molar-refractivity contribution in [2.24, 2.45) is 0 Å². The normalized spacial score (nSPS) is 10.5. The van der Waals surface area contributed by atoms with E-state index in [2.05, 4.69) is 23.1 Å². The number of hydrogen-bond donors (Lipinski definition) is 3. The quantitative estimate of drug-likeness (QED) is 0.307. The number of ketones is 1. The zero-order valence-corrected chi connectivity index (χ0v) is 17.9. The van der Waals surface area contributed by atoms with Gasteiger partial charge in [-0.3, -0.25) is 20.4 Å². The number of amides is 1. The number of thiocarbonyl (C=S) groups is 1. The molecule has 0 saturated heterocycles. The molecule has 0 aliphatic carbocycles. The predicted molar refractivity (Wildman–Crippen MR) is 126 cm³/mol. The van der Waals surface area contributed by atoms with E-state index in [1.54, 1.807) is 6.07 Å². The van der Waals surface area contributed by atoms with Crippen molar-refractivity contribution in [3.05, 3.63) is 77.4 Å². The number of hydrazine groups is 1. The van der Waals surface area contributed by atoms with Crippen LogP contribution in [0.2, 0.25) is 0 Å². The SMILES string of the molecule is CCc1cccc(C)c1NC(=S)NNC(=O)CCC(=O)c1ccc2ccccc2c1. The largest absolute Gasteiger partial charge is 0.331 e. The van der Waals surface area contributed by atoms with Crippen LogP contribution in [0, 0.1) is 6.92 Å². The van der Waals surface area contributed by atoms with Crippen LogP contribution in [0.3, 0.4) is 0 Å². The van der Waals surface area contributed by atoms with Crippen molar-refractivity contribution in [3.8, 4) is 0 Å². The Balaban J connectivity index is 1.48. The molecule has 0 radical (unpaired) electrons. The minimum atomic E-state index is -0.297. The lowest BCUT2D eigenvalue weighted by Gasteiger charge is -2.16. The third-order valence-corrected chi connectivity index (χ3v) is 5.15. The number of rotatable bonds is 6. The van der Waals surface area contributed by atoms with Crippen molar-refractivity contribution < 1.29 is 9.59 Å². The number of anilines is 1. The Hall–Kier alpha value is -3.25. The Morgan fingerprint density at radius 3 is 2.43 bits per heavy atom. The molecule has 5 nitrogen and oxygen atoms in total. The molecule has 3 aromatic rings. The van der Waals surface area contributed by atoms with E-state index >= 15 is 0 Å². The number of fused-ring (bicyclic) bond motifs is 1. The van der Waals surface area contributed by atoms with Crippen LogP contribution in [0.5, 0.6) is 0 Å². The first-order valence-corrected chi connectivity index (χ1v) is 10.3. The van der Waals surface area contributed by atoms with Crippen molar-refractivity contribution >= 4 is 45.5 Å². The van der Waals surface area contributed by atoms with Gasteiger partial charge < -0.3 is 5.32 Å². The molecule has 3 N–H and O–H groups in total. The highest BCUT2D eigenvalue weighted by Gasteiger charge is 2.11. The van der Waals surface area contributed by atoms with E-state index in [4.69, 9.17) is 12.2 Å². The van der Waals surface area contributed by atoms with Gasteiger partial charge in [0.25, 0.3) is 0 Å². The number of Topliss-reactive ketones (excluding diaryl/α,β-unsaturated/α-hetero) is 1. The average molecular weight is 420 g/mol. The van der Waals surface area contributed by atoms with Crippen LogP contribution in [-0.4, -0.2) is 16.8 Å². The highest BCUT2D eigenvalue weighted by Crippen LogP contribution is 2.21. The van der Waals surface area contributed by atoms with Gasteiger partial charge in [0.1, 0.15) is 0 Å². The molecule has 30 heavy (non-hydrogen) atoms. The molecule has 0 saturated carbocycles. The standard InChI is InChI=1S/C24H25N3O2S/c1-3-17-10-6-7-16(2)23(17)25-24(30)27-26-22(29)14-13-21(28)20-12-11-18-8-4-5-9-19(18)15-20/h4-12,15H,3,13-14H2,1-2H3,(H,26,29)(H2,25,27,30). The molecular weight excluding hydrogens is 394 g/mol. The Bertz CT molecular complexity index is 1090. The number of nitrogens with one attached hydrogen (secondary N) is 3. The minimum Gasteiger partial charge on any atom is -0.331 e. The summed E-state index contributed by atoms with van der Waals surface area (Å²) in [5.74, 6) is -0.363. The number of carbonyl (C=O) groups is 2. The average Bonchev–Trinajstić information content (AvgIpc) is 2.77. The molecule has 0 fully saturated rings. The van der Waals surface area contributed by atoms with E-state index in [0.29, 0.717) is 10.7 Å². The Morgan fingerprint density at radius 2 is 1.67 bits per heavy atom. The fourth-order valence-corrected chi connectivity index (χ4v) is 3.42. The summed E-state index contributed by atoms with van der Waals surface area (Å²) in [4.78, 5) is 24.6. The fraction of sp³-hybridized carbons (Fsp3) is 0.208. The van der Waals surface area contributed by atoms with Crippen molar-refractivity contribution in [2.45, 2.75) is 33.1 Å². The van der Waals surface area contributed by atoms with Gasteiger partial charge in [-0.15, -0.1) is 0 Å². The van der Waals surface area contributed by atoms with Gasteiger partial charge in [-0.05, 0) is 53.5 Å². The molecule has 3 aromatic carbocycles. The van der Waals surface area contributed by atoms with Crippen molar-refractivity contribution in [1.82, 2.24) is 10.9 Å². The number of carbonyl (C=O) groups excluding carboxylic acids is 2. The van der Waals surface area contributed by atoms with E-state index in [1.807, 2.05) is 61.5 Å². The monoisotopic (exact) mass is 419 g/mol. The van der Waals surface area contributed by atoms with Crippen LogP contribution in [0.4, 0.5) is 5.69 Å². The first kappa shape index (κ1) is 21.5. The molecule has 0 aromatic heterocycles. The molecule has 0 unspecified atom stereocenters. The minimum absolute atomic E-state index is 0.0656. The number of aryl methyl sites for hydroxylation is 2. The maximum atomic E-state index is 12.4. The summed E-state index contributed by atoms with van der Waals surface area (Å²) in [6.45, 7) is 4.08. The van der Waals surface area contributed by atoms with Crippen LogP contribution in [0.1, 0.15) is 41.3 Å². The van der Waals surface area contributed by atoms with Gasteiger partial charge in [-0.25, -0.2) is 0 Å². The lowest BCUT2D eigenvalue weighted by atomic mass is 10.0. The van der Waals surface area contributed by atoms with Crippen LogP contribution >= 0.6 is 12.2 Å². The first-order chi connectivity index (χ1) is 14.5. The van der Waals surface area contributed by atoms with Crippen LogP contribution in [0.15, 0.2) is 60.7 Å². The number of para-hydroxylation sites is 1. The summed E-state index contributed by atoms with van der Waals surface area (Å²) in [5.41, 5.74) is 9.03. The molecule has 6 heteroatoms. The summed E-state index contributed by atoms with van der Waals surface area (Å²) in [5, 5.41) is 5.52. The smallest absolute Gasteiger partial charge is 0.238 e. The first-order valence-electron chi connectivity index (χ1n) is 9.94. The van der Waals surface area contributed by atoms with Gasteiger partial charge in [0.05, 0.1) is 0 Å². The molecule has 0 atom stereocenters. The molecule has 3 rings (SSSR count). The Morgan fingerprint density at radius 1 is 0.900 bits per heavy atom. The Kier molecular flexibility index (Phi) is 7.14. The maximum Gasteiger partial charge on any atom is 0.238 e. The van der Waals surface area contributed by atoms with Crippen molar-refractivity contribution in [2.75, 3.05) is 5.32 Å². The molecule has 0 bridgehead atoms. The third kappa shape index (κ3) is 5.42. The second-order valence-corrected chi connectivity index (χ2v) is 7.48. The second-order valence-electron chi connectivity index (χ2n) is 7.07. The molecular formula is C24H25N3O2S. The van der Waals surface area contributed by atoms with E-state index < -0.39 is 0 Å². The van der Waals surface area contributed by atoms with Gasteiger partial charge in [-0.1, -0.05) is 61.5 Å². The van der Waals surface area contributed by atoms with Crippen LogP contribution < -0.4 is 16.2 Å². The summed E-state index contributed by atoms with van der Waals surface area (Å²) in [7, 11) is 0. The van der Waals surface area contributed by atoms with Crippen LogP contribution in [0.25, 0.3) is 10.8 Å². The van der Waals surface area contributed by atoms with Gasteiger partial charge in [0.15, 0.2) is 10.9 Å². The highest BCUT2D eigenvalue weighted by molar-refractivity contribution is 7.80. The van der Waals surface area contributed by atoms with Gasteiger partial charge in [0.2, 0.25) is 5.91 Å². The highest BCUT2D eigenvalue weighted by atomic mass is 32.1. The fourth-order valence-electron chi connectivity index (χ4n) is 3.27. The predicted octanol–water partition coefficient (Wildman–Crippen LogP) is 4.69. The summed E-state index contributed by atoms with van der Waals surface area (Å²) < 4.78 is 0. The zero-order chi connectivity index (χ0) is 21.5. The lowest BCUT2D eigenvalue weighted by Crippen LogP contribution is -2.44. The topological polar surface area (TPSA) is 70.2 Å². The number of hydrogen-bond acceptors (Lipinski definition) is 3. The van der Waals surface area contributed by atoms with Gasteiger partial charge in [-0.2, -0.15) is 0 Å². The maximum absolute atomic E-state index is 12.4. The van der Waals surface area contributed by atoms with Gasteiger partial charge in [0, 0.05) is 24.1 Å². The summed E-state index contributed by atoms with van der Waals surface area (Å²) in [6, 6.07) is 19.5. The van der Waals surface area contributed by atoms with Crippen molar-refractivity contribution in [3.63, 3.8) is 0 Å². The van der Waals surface area contributed by atoms with E-state index in [0.717, 1.165) is 34.0 Å². The molecule has 154 valence electrons. The van der Waals surface area contributed by atoms with Gasteiger partial charge >= 0.3 is 0 Å². The third-order valence-electron chi connectivity index (χ3n) is 4.94. The molecule has 1 amide bonds. The number of benzene rings is 3. The summed E-state index contributed by atoms with van der Waals surface area (Å²) in [6.07, 6.45) is 1.07. The molecule has 0 aliphatic rings. The van der Waals surface area contributed by atoms with Crippen molar-refractivity contribution in [1.29, 1.82) is 0 Å². The Labute approximate surface area is 181 Å². The molecule has 0 heterocycles. The van der Waals surface area contributed by atoms with E-state index in [-0.39, 0.29) is 24.5 Å². The lowest BCUT2D eigenvalue weighted by molar-refractivity contribution is -0.121. The molecule has 0 spiro atoms. The van der Waals surface area contributed by atoms with E-state index in [9.17, 15) is 9.59 Å². The zero-order valence-electron chi connectivity index (χ0n) is 17.1. The molecule has 0 aliphatic heterocycles.